The van der Waals surface area contributed by atoms with Gasteiger partial charge in [-0.2, -0.15) is 5.26 Å². The van der Waals surface area contributed by atoms with Gasteiger partial charge in [0.25, 0.3) is 5.91 Å². The molecule has 1 aliphatic rings. The van der Waals surface area contributed by atoms with Gasteiger partial charge in [0.15, 0.2) is 5.11 Å². The summed E-state index contributed by atoms with van der Waals surface area (Å²) in [4.78, 5) is 19.4. The number of thiocarbonyl (C=S) groups is 1. The van der Waals surface area contributed by atoms with Gasteiger partial charge in [-0.15, -0.1) is 11.3 Å². The molecule has 0 bridgehead atoms. The van der Waals surface area contributed by atoms with E-state index in [4.69, 9.17) is 21.9 Å². The number of para-hydroxylation sites is 1. The maximum absolute atomic E-state index is 13.4. The molecule has 0 aliphatic heterocycles. The molecule has 36 heavy (non-hydrogen) atoms. The third-order valence-corrected chi connectivity index (χ3v) is 7.36. The van der Waals surface area contributed by atoms with E-state index in [0.717, 1.165) is 41.5 Å². The van der Waals surface area contributed by atoms with Gasteiger partial charge in [0.1, 0.15) is 16.8 Å². The highest BCUT2D eigenvalue weighted by molar-refractivity contribution is 7.80. The second-order valence-electron chi connectivity index (χ2n) is 8.85. The Kier molecular flexibility index (Phi) is 6.68. The SMILES string of the molecule is CC(C)Oc1cccc(-c2cc(C(=O)NC(=S)Nc3sc4c(c3C#N)CCC4)c3ccccc3n2)c1. The molecule has 0 radical (unpaired) electrons. The number of aryl methyl sites for hydroxylation is 1. The minimum atomic E-state index is -0.343. The summed E-state index contributed by atoms with van der Waals surface area (Å²) in [5, 5.41) is 17.1. The molecule has 0 saturated carbocycles. The fourth-order valence-corrected chi connectivity index (χ4v) is 5.93. The Labute approximate surface area is 218 Å². The van der Waals surface area contributed by atoms with Crippen molar-refractivity contribution in [1.29, 1.82) is 5.26 Å². The highest BCUT2D eigenvalue weighted by atomic mass is 32.1. The average molecular weight is 513 g/mol. The van der Waals surface area contributed by atoms with Gasteiger partial charge in [-0.1, -0.05) is 30.3 Å². The van der Waals surface area contributed by atoms with Crippen molar-refractivity contribution < 1.29 is 9.53 Å². The maximum Gasteiger partial charge on any atom is 0.258 e. The molecule has 180 valence electrons. The molecule has 5 rings (SSSR count). The normalized spacial score (nSPS) is 12.3. The first-order chi connectivity index (χ1) is 17.4. The zero-order chi connectivity index (χ0) is 25.2. The van der Waals surface area contributed by atoms with Crippen molar-refractivity contribution in [2.24, 2.45) is 0 Å². The summed E-state index contributed by atoms with van der Waals surface area (Å²) in [6.45, 7) is 3.95. The Morgan fingerprint density at radius 3 is 2.81 bits per heavy atom. The van der Waals surface area contributed by atoms with Crippen molar-refractivity contribution in [3.8, 4) is 23.1 Å². The van der Waals surface area contributed by atoms with Crippen molar-refractivity contribution in [2.75, 3.05) is 5.32 Å². The third-order valence-electron chi connectivity index (χ3n) is 5.95. The van der Waals surface area contributed by atoms with Gasteiger partial charge in [0.2, 0.25) is 0 Å². The number of rotatable bonds is 5. The highest BCUT2D eigenvalue weighted by Gasteiger charge is 2.23. The molecule has 2 aromatic heterocycles. The number of aromatic nitrogens is 1. The summed E-state index contributed by atoms with van der Waals surface area (Å²) in [6.07, 6.45) is 3.00. The molecule has 1 amide bonds. The van der Waals surface area contributed by atoms with Crippen LogP contribution >= 0.6 is 23.6 Å². The van der Waals surface area contributed by atoms with Crippen LogP contribution in [-0.2, 0) is 12.8 Å². The minimum absolute atomic E-state index is 0.0470. The lowest BCUT2D eigenvalue weighted by Gasteiger charge is -2.13. The van der Waals surface area contributed by atoms with Crippen LogP contribution in [0.3, 0.4) is 0 Å². The summed E-state index contributed by atoms with van der Waals surface area (Å²) in [7, 11) is 0. The summed E-state index contributed by atoms with van der Waals surface area (Å²) in [5.41, 5.74) is 4.41. The molecule has 4 aromatic rings. The second-order valence-corrected chi connectivity index (χ2v) is 10.4. The number of amides is 1. The first-order valence-corrected chi connectivity index (χ1v) is 13.0. The fraction of sp³-hybridized carbons (Fsp3) is 0.214. The monoisotopic (exact) mass is 512 g/mol. The van der Waals surface area contributed by atoms with Crippen LogP contribution in [0.5, 0.6) is 5.75 Å². The van der Waals surface area contributed by atoms with Crippen LogP contribution in [0, 0.1) is 11.3 Å². The van der Waals surface area contributed by atoms with E-state index in [1.807, 2.05) is 62.4 Å². The molecule has 2 N–H and O–H groups in total. The zero-order valence-corrected chi connectivity index (χ0v) is 21.6. The van der Waals surface area contributed by atoms with E-state index in [1.165, 1.54) is 16.2 Å². The minimum Gasteiger partial charge on any atom is -0.491 e. The number of fused-ring (bicyclic) bond motifs is 2. The average Bonchev–Trinajstić information content (AvgIpc) is 3.43. The lowest BCUT2D eigenvalue weighted by atomic mass is 10.0. The molecule has 0 atom stereocenters. The smallest absolute Gasteiger partial charge is 0.258 e. The number of nitrogens with one attached hydrogen (secondary N) is 2. The summed E-state index contributed by atoms with van der Waals surface area (Å²) < 4.78 is 5.84. The molecule has 0 spiro atoms. The summed E-state index contributed by atoms with van der Waals surface area (Å²) in [6, 6.07) is 19.3. The standard InChI is InChI=1S/C28H24N4O2S2/c1-16(2)34-18-8-5-7-17(13-18)24-14-21(19-9-3-4-11-23(19)30-24)26(33)31-28(35)32-27-22(15-29)20-10-6-12-25(20)36-27/h3-5,7-9,11,13-14,16H,6,10,12H2,1-2H3,(H2,31,32,33,35). The number of pyridine rings is 1. The van der Waals surface area contributed by atoms with E-state index in [0.29, 0.717) is 27.3 Å². The van der Waals surface area contributed by atoms with Gasteiger partial charge in [-0.25, -0.2) is 4.98 Å². The molecule has 8 heteroatoms. The molecule has 1 aliphatic carbocycles. The van der Waals surface area contributed by atoms with Crippen LogP contribution in [-0.4, -0.2) is 22.1 Å². The van der Waals surface area contributed by atoms with Crippen LogP contribution in [0.15, 0.2) is 54.6 Å². The van der Waals surface area contributed by atoms with Gasteiger partial charge in [0.05, 0.1) is 28.4 Å². The number of nitriles is 1. The van der Waals surface area contributed by atoms with Crippen LogP contribution < -0.4 is 15.4 Å². The number of carbonyl (C=O) groups is 1. The second kappa shape index (κ2) is 10.1. The Bertz CT molecular complexity index is 1530. The number of carbonyl (C=O) groups excluding carboxylic acids is 1. The topological polar surface area (TPSA) is 87.0 Å². The van der Waals surface area contributed by atoms with Gasteiger partial charge < -0.3 is 10.1 Å². The Morgan fingerprint density at radius 2 is 2.00 bits per heavy atom. The molecule has 6 nitrogen and oxygen atoms in total. The summed E-state index contributed by atoms with van der Waals surface area (Å²) in [5.74, 6) is 0.398. The third kappa shape index (κ3) is 4.81. The number of hydrogen-bond donors (Lipinski definition) is 2. The zero-order valence-electron chi connectivity index (χ0n) is 19.9. The predicted molar refractivity (Wildman–Crippen MR) is 148 cm³/mol. The van der Waals surface area contributed by atoms with Crippen LogP contribution in [0.2, 0.25) is 0 Å². The Morgan fingerprint density at radius 1 is 1.17 bits per heavy atom. The van der Waals surface area contributed by atoms with E-state index < -0.39 is 0 Å². The molecule has 0 fully saturated rings. The van der Waals surface area contributed by atoms with Gasteiger partial charge >= 0.3 is 0 Å². The van der Waals surface area contributed by atoms with Crippen molar-refractivity contribution in [3.63, 3.8) is 0 Å². The largest absolute Gasteiger partial charge is 0.491 e. The lowest BCUT2D eigenvalue weighted by Crippen LogP contribution is -2.34. The lowest BCUT2D eigenvalue weighted by molar-refractivity contribution is 0.0979. The van der Waals surface area contributed by atoms with Gasteiger partial charge in [-0.3, -0.25) is 10.1 Å². The van der Waals surface area contributed by atoms with E-state index in [2.05, 4.69) is 16.7 Å². The molecular weight excluding hydrogens is 488 g/mol. The van der Waals surface area contributed by atoms with Crippen LogP contribution in [0.25, 0.3) is 22.2 Å². The van der Waals surface area contributed by atoms with E-state index in [-0.39, 0.29) is 17.1 Å². The maximum atomic E-state index is 13.4. The van der Waals surface area contributed by atoms with E-state index in [1.54, 1.807) is 6.07 Å². The first-order valence-electron chi connectivity index (χ1n) is 11.8. The Balaban J connectivity index is 1.44. The van der Waals surface area contributed by atoms with Gasteiger partial charge in [0, 0.05) is 15.8 Å². The van der Waals surface area contributed by atoms with E-state index >= 15 is 0 Å². The molecular formula is C28H24N4O2S2. The quantitative estimate of drug-likeness (QED) is 0.308. The number of nitrogens with zero attached hydrogens (tertiary/aromatic N) is 2. The van der Waals surface area contributed by atoms with Crippen LogP contribution in [0.1, 0.15) is 46.6 Å². The number of ether oxygens (including phenoxy) is 1. The molecule has 0 saturated heterocycles. The van der Waals surface area contributed by atoms with E-state index in [9.17, 15) is 10.1 Å². The Hall–Kier alpha value is -3.80. The number of thiophene rings is 1. The van der Waals surface area contributed by atoms with Crippen LogP contribution in [0.4, 0.5) is 5.00 Å². The number of benzene rings is 2. The van der Waals surface area contributed by atoms with Crippen molar-refractivity contribution in [2.45, 2.75) is 39.2 Å². The number of hydrogen-bond acceptors (Lipinski definition) is 6. The summed E-state index contributed by atoms with van der Waals surface area (Å²) >= 11 is 6.99. The van der Waals surface area contributed by atoms with Gasteiger partial charge in [-0.05, 0) is 75.2 Å². The van der Waals surface area contributed by atoms with Crippen molar-refractivity contribution in [1.82, 2.24) is 10.3 Å². The predicted octanol–water partition coefficient (Wildman–Crippen LogP) is 6.24. The molecule has 2 aromatic carbocycles. The fourth-order valence-electron chi connectivity index (χ4n) is 4.43. The van der Waals surface area contributed by atoms with Crippen molar-refractivity contribution in [3.05, 3.63) is 76.2 Å². The molecule has 2 heterocycles. The first kappa shape index (κ1) is 23.9. The number of anilines is 1. The van der Waals surface area contributed by atoms with Crippen molar-refractivity contribution >= 4 is 50.5 Å². The highest BCUT2D eigenvalue weighted by Crippen LogP contribution is 2.38. The molecule has 0 unspecified atom stereocenters.